The van der Waals surface area contributed by atoms with E-state index in [0.717, 1.165) is 5.56 Å². The van der Waals surface area contributed by atoms with Crippen molar-refractivity contribution in [2.24, 2.45) is 0 Å². The van der Waals surface area contributed by atoms with E-state index >= 15 is 0 Å². The van der Waals surface area contributed by atoms with Crippen LogP contribution in [0.4, 0.5) is 4.39 Å². The molecule has 1 N–H and O–H groups in total. The molecule has 0 aliphatic carbocycles. The number of aromatic nitrogens is 2. The molecule has 3 aromatic rings. The molecule has 96 valence electrons. The van der Waals surface area contributed by atoms with Crippen LogP contribution in [-0.4, -0.2) is 9.97 Å². The molecular weight excluding hydrogens is 286 g/mol. The molecule has 1 aromatic heterocycles. The average molecular weight is 295 g/mol. The number of benzene rings is 2. The van der Waals surface area contributed by atoms with E-state index in [1.54, 1.807) is 24.3 Å². The number of H-pyrrole nitrogens is 1. The van der Waals surface area contributed by atoms with Crippen LogP contribution in [0.1, 0.15) is 11.4 Å². The number of aromatic amines is 1. The van der Waals surface area contributed by atoms with E-state index in [1.165, 1.54) is 6.07 Å². The summed E-state index contributed by atoms with van der Waals surface area (Å²) in [5.41, 5.74) is 2.02. The molecular formula is C14H9Cl2FN2. The van der Waals surface area contributed by atoms with Gasteiger partial charge in [-0.05, 0) is 29.8 Å². The molecule has 0 unspecified atom stereocenters. The third-order valence-corrected chi connectivity index (χ3v) is 3.61. The third kappa shape index (κ3) is 2.44. The maximum atomic E-state index is 13.5. The molecule has 5 heteroatoms. The second-order valence-electron chi connectivity index (χ2n) is 4.24. The van der Waals surface area contributed by atoms with Gasteiger partial charge in [-0.3, -0.25) is 0 Å². The van der Waals surface area contributed by atoms with Crippen LogP contribution in [0.2, 0.25) is 10.0 Å². The highest BCUT2D eigenvalue weighted by Gasteiger charge is 2.08. The third-order valence-electron chi connectivity index (χ3n) is 2.87. The highest BCUT2D eigenvalue weighted by Crippen LogP contribution is 2.24. The summed E-state index contributed by atoms with van der Waals surface area (Å²) in [6, 6.07) is 10.2. The van der Waals surface area contributed by atoms with Crippen molar-refractivity contribution in [3.05, 3.63) is 63.6 Å². The fourth-order valence-corrected chi connectivity index (χ4v) is 2.30. The Balaban J connectivity index is 1.96. The van der Waals surface area contributed by atoms with Gasteiger partial charge in [0, 0.05) is 6.42 Å². The Bertz CT molecular complexity index is 752. The molecule has 0 aliphatic rings. The van der Waals surface area contributed by atoms with Gasteiger partial charge in [0.2, 0.25) is 0 Å². The number of para-hydroxylation sites is 1. The number of rotatable bonds is 2. The summed E-state index contributed by atoms with van der Waals surface area (Å²) in [6.07, 6.45) is 0.547. The summed E-state index contributed by atoms with van der Waals surface area (Å²) in [4.78, 5) is 7.34. The highest BCUT2D eigenvalue weighted by molar-refractivity contribution is 6.42. The van der Waals surface area contributed by atoms with Crippen LogP contribution in [-0.2, 0) is 6.42 Å². The van der Waals surface area contributed by atoms with E-state index < -0.39 is 0 Å². The molecule has 2 nitrogen and oxygen atoms in total. The largest absolute Gasteiger partial charge is 0.342 e. The minimum absolute atomic E-state index is 0.325. The average Bonchev–Trinajstić information content (AvgIpc) is 2.78. The van der Waals surface area contributed by atoms with Gasteiger partial charge in [0.25, 0.3) is 0 Å². The van der Waals surface area contributed by atoms with Crippen molar-refractivity contribution in [3.8, 4) is 0 Å². The number of hydrogen-bond acceptors (Lipinski definition) is 1. The molecule has 0 fully saturated rings. The van der Waals surface area contributed by atoms with Crippen molar-refractivity contribution in [1.82, 2.24) is 9.97 Å². The van der Waals surface area contributed by atoms with Crippen LogP contribution in [0.3, 0.4) is 0 Å². The molecule has 0 saturated heterocycles. The minimum atomic E-state index is -0.325. The fraction of sp³-hybridized carbons (Fsp3) is 0.0714. The van der Waals surface area contributed by atoms with Gasteiger partial charge < -0.3 is 4.98 Å². The van der Waals surface area contributed by atoms with Gasteiger partial charge in [0.1, 0.15) is 11.3 Å². The molecule has 0 atom stereocenters. The SMILES string of the molecule is Fc1cccc2[nH]c(Cc3ccc(Cl)c(Cl)c3)nc12. The summed E-state index contributed by atoms with van der Waals surface area (Å²) >= 11 is 11.8. The van der Waals surface area contributed by atoms with Gasteiger partial charge in [0.05, 0.1) is 15.6 Å². The molecule has 1 heterocycles. The first kappa shape index (κ1) is 12.5. The van der Waals surface area contributed by atoms with Crippen LogP contribution in [0.5, 0.6) is 0 Å². The van der Waals surface area contributed by atoms with Gasteiger partial charge >= 0.3 is 0 Å². The Hall–Kier alpha value is -1.58. The van der Waals surface area contributed by atoms with Crippen LogP contribution >= 0.6 is 23.2 Å². The number of nitrogens with zero attached hydrogens (tertiary/aromatic N) is 1. The number of halogens is 3. The topological polar surface area (TPSA) is 28.7 Å². The molecule has 2 aromatic carbocycles. The number of imidazole rings is 1. The van der Waals surface area contributed by atoms with Gasteiger partial charge in [0.15, 0.2) is 5.82 Å². The van der Waals surface area contributed by atoms with E-state index in [9.17, 15) is 4.39 Å². The van der Waals surface area contributed by atoms with Crippen molar-refractivity contribution in [2.75, 3.05) is 0 Å². The van der Waals surface area contributed by atoms with E-state index in [0.29, 0.717) is 33.3 Å². The smallest absolute Gasteiger partial charge is 0.151 e. The minimum Gasteiger partial charge on any atom is -0.342 e. The second-order valence-corrected chi connectivity index (χ2v) is 5.06. The number of fused-ring (bicyclic) bond motifs is 1. The highest BCUT2D eigenvalue weighted by atomic mass is 35.5. The standard InChI is InChI=1S/C14H9Cl2FN2/c15-9-5-4-8(6-10(9)16)7-13-18-12-3-1-2-11(17)14(12)19-13/h1-6H,7H2,(H,18,19). The first-order chi connectivity index (χ1) is 9.13. The van der Waals surface area contributed by atoms with Crippen molar-refractivity contribution in [2.45, 2.75) is 6.42 Å². The van der Waals surface area contributed by atoms with Gasteiger partial charge in [-0.2, -0.15) is 0 Å². The number of hydrogen-bond donors (Lipinski definition) is 1. The Morgan fingerprint density at radius 3 is 2.68 bits per heavy atom. The van der Waals surface area contributed by atoms with Gasteiger partial charge in [-0.25, -0.2) is 9.37 Å². The molecule has 0 amide bonds. The van der Waals surface area contributed by atoms with Crippen molar-refractivity contribution in [3.63, 3.8) is 0 Å². The molecule has 0 radical (unpaired) electrons. The van der Waals surface area contributed by atoms with Crippen molar-refractivity contribution in [1.29, 1.82) is 0 Å². The lowest BCUT2D eigenvalue weighted by molar-refractivity contribution is 0.637. The lowest BCUT2D eigenvalue weighted by atomic mass is 10.1. The summed E-state index contributed by atoms with van der Waals surface area (Å²) in [7, 11) is 0. The molecule has 0 spiro atoms. The monoisotopic (exact) mass is 294 g/mol. The zero-order valence-electron chi connectivity index (χ0n) is 9.75. The van der Waals surface area contributed by atoms with E-state index in [2.05, 4.69) is 9.97 Å². The Kier molecular flexibility index (Phi) is 3.17. The Labute approximate surface area is 119 Å². The van der Waals surface area contributed by atoms with Crippen LogP contribution in [0.15, 0.2) is 36.4 Å². The first-order valence-corrected chi connectivity index (χ1v) is 6.46. The predicted octanol–water partition coefficient (Wildman–Crippen LogP) is 4.60. The Morgan fingerprint density at radius 2 is 1.95 bits per heavy atom. The summed E-state index contributed by atoms with van der Waals surface area (Å²) in [6.45, 7) is 0. The maximum Gasteiger partial charge on any atom is 0.151 e. The van der Waals surface area contributed by atoms with Crippen LogP contribution in [0, 0.1) is 5.82 Å². The van der Waals surface area contributed by atoms with Crippen LogP contribution in [0.25, 0.3) is 11.0 Å². The van der Waals surface area contributed by atoms with E-state index in [4.69, 9.17) is 23.2 Å². The predicted molar refractivity (Wildman–Crippen MR) is 75.3 cm³/mol. The van der Waals surface area contributed by atoms with Gasteiger partial charge in [-0.15, -0.1) is 0 Å². The molecule has 0 saturated carbocycles. The fourth-order valence-electron chi connectivity index (χ4n) is 1.97. The summed E-state index contributed by atoms with van der Waals surface area (Å²) in [5.74, 6) is 0.368. The summed E-state index contributed by atoms with van der Waals surface area (Å²) < 4.78 is 13.5. The van der Waals surface area contributed by atoms with Crippen LogP contribution < -0.4 is 0 Å². The van der Waals surface area contributed by atoms with Gasteiger partial charge in [-0.1, -0.05) is 35.3 Å². The number of nitrogens with one attached hydrogen (secondary N) is 1. The lowest BCUT2D eigenvalue weighted by Gasteiger charge is -2.00. The first-order valence-electron chi connectivity index (χ1n) is 5.70. The normalized spacial score (nSPS) is 11.1. The maximum absolute atomic E-state index is 13.5. The summed E-state index contributed by atoms with van der Waals surface area (Å²) in [5, 5.41) is 1.02. The zero-order valence-corrected chi connectivity index (χ0v) is 11.3. The zero-order chi connectivity index (χ0) is 13.4. The lowest BCUT2D eigenvalue weighted by Crippen LogP contribution is -1.90. The molecule has 19 heavy (non-hydrogen) atoms. The molecule has 0 bridgehead atoms. The molecule has 3 rings (SSSR count). The van der Waals surface area contributed by atoms with Crippen molar-refractivity contribution >= 4 is 34.2 Å². The molecule has 0 aliphatic heterocycles. The van der Waals surface area contributed by atoms with Crippen molar-refractivity contribution < 1.29 is 4.39 Å². The second kappa shape index (κ2) is 4.83. The van der Waals surface area contributed by atoms with E-state index in [-0.39, 0.29) is 5.82 Å². The quantitative estimate of drug-likeness (QED) is 0.735. The Morgan fingerprint density at radius 1 is 1.11 bits per heavy atom. The van der Waals surface area contributed by atoms with E-state index in [1.807, 2.05) is 6.07 Å².